The van der Waals surface area contributed by atoms with Gasteiger partial charge in [0.15, 0.2) is 6.29 Å². The second-order valence-electron chi connectivity index (χ2n) is 4.37. The second-order valence-corrected chi connectivity index (χ2v) is 4.37. The van der Waals surface area contributed by atoms with Gasteiger partial charge in [0.05, 0.1) is 13.2 Å². The highest BCUT2D eigenvalue weighted by atomic mass is 16.7. The van der Waals surface area contributed by atoms with Crippen LogP contribution in [0, 0.1) is 5.92 Å². The number of hydrogen-bond acceptors (Lipinski definition) is 2. The van der Waals surface area contributed by atoms with Crippen molar-refractivity contribution in [2.45, 2.75) is 46.3 Å². The maximum absolute atomic E-state index is 5.41. The van der Waals surface area contributed by atoms with Crippen LogP contribution in [0.4, 0.5) is 0 Å². The van der Waals surface area contributed by atoms with Crippen molar-refractivity contribution in [3.05, 3.63) is 11.6 Å². The molecule has 1 rings (SSSR count). The zero-order valence-electron chi connectivity index (χ0n) is 9.58. The fourth-order valence-electron chi connectivity index (χ4n) is 1.65. The smallest absolute Gasteiger partial charge is 0.158 e. The van der Waals surface area contributed by atoms with E-state index in [0.717, 1.165) is 19.6 Å². The van der Waals surface area contributed by atoms with Crippen LogP contribution in [0.15, 0.2) is 11.6 Å². The lowest BCUT2D eigenvalue weighted by molar-refractivity contribution is -0.0560. The molecule has 0 saturated carbocycles. The van der Waals surface area contributed by atoms with Gasteiger partial charge in [-0.1, -0.05) is 18.6 Å². The molecule has 0 unspecified atom stereocenters. The monoisotopic (exact) mass is 198 g/mol. The molecule has 0 N–H and O–H groups in total. The Morgan fingerprint density at radius 3 is 2.57 bits per heavy atom. The van der Waals surface area contributed by atoms with Gasteiger partial charge in [-0.3, -0.25) is 0 Å². The molecule has 82 valence electrons. The standard InChI is InChI=1S/C12H22O2/c1-10(2)5-4-6-11(3)9-12-13-7-8-14-12/h5,11-12H,4,6-9H2,1-3H3/t11-/m0/s1. The first-order valence-electron chi connectivity index (χ1n) is 5.55. The third-order valence-corrected chi connectivity index (χ3v) is 2.50. The molecule has 1 aliphatic heterocycles. The summed E-state index contributed by atoms with van der Waals surface area (Å²) in [7, 11) is 0. The van der Waals surface area contributed by atoms with Crippen LogP contribution in [0.3, 0.4) is 0 Å². The van der Waals surface area contributed by atoms with E-state index in [1.54, 1.807) is 0 Å². The number of hydrogen-bond donors (Lipinski definition) is 0. The molecular weight excluding hydrogens is 176 g/mol. The third-order valence-electron chi connectivity index (χ3n) is 2.50. The molecule has 1 heterocycles. The van der Waals surface area contributed by atoms with Crippen LogP contribution in [0.2, 0.25) is 0 Å². The molecular formula is C12H22O2. The van der Waals surface area contributed by atoms with E-state index in [0.29, 0.717) is 5.92 Å². The zero-order valence-corrected chi connectivity index (χ0v) is 9.58. The zero-order chi connectivity index (χ0) is 10.4. The molecule has 0 amide bonds. The van der Waals surface area contributed by atoms with Crippen LogP contribution in [0.25, 0.3) is 0 Å². The molecule has 0 radical (unpaired) electrons. The lowest BCUT2D eigenvalue weighted by Crippen LogP contribution is -2.12. The fourth-order valence-corrected chi connectivity index (χ4v) is 1.65. The van der Waals surface area contributed by atoms with Crippen molar-refractivity contribution in [1.82, 2.24) is 0 Å². The van der Waals surface area contributed by atoms with Crippen LogP contribution in [0.5, 0.6) is 0 Å². The van der Waals surface area contributed by atoms with Gasteiger partial charge in [-0.05, 0) is 32.6 Å². The number of ether oxygens (including phenoxy) is 2. The van der Waals surface area contributed by atoms with E-state index in [1.165, 1.54) is 18.4 Å². The Morgan fingerprint density at radius 2 is 2.00 bits per heavy atom. The second kappa shape index (κ2) is 6.20. The average molecular weight is 198 g/mol. The summed E-state index contributed by atoms with van der Waals surface area (Å²) in [4.78, 5) is 0. The Kier molecular flexibility index (Phi) is 5.20. The van der Waals surface area contributed by atoms with Gasteiger partial charge in [0, 0.05) is 6.42 Å². The average Bonchev–Trinajstić information content (AvgIpc) is 2.56. The van der Waals surface area contributed by atoms with Crippen molar-refractivity contribution in [3.63, 3.8) is 0 Å². The molecule has 0 aliphatic carbocycles. The quantitative estimate of drug-likeness (QED) is 0.632. The molecule has 0 aromatic rings. The SMILES string of the molecule is CC(C)=CCC[C@H](C)CC1OCCO1. The van der Waals surface area contributed by atoms with Gasteiger partial charge in [0.2, 0.25) is 0 Å². The molecule has 14 heavy (non-hydrogen) atoms. The summed E-state index contributed by atoms with van der Waals surface area (Å²) in [6, 6.07) is 0. The Hall–Kier alpha value is -0.340. The molecule has 2 heteroatoms. The van der Waals surface area contributed by atoms with E-state index in [1.807, 2.05) is 0 Å². The molecule has 1 fully saturated rings. The Labute approximate surface area is 87.3 Å². The molecule has 0 bridgehead atoms. The summed E-state index contributed by atoms with van der Waals surface area (Å²) >= 11 is 0. The number of rotatable bonds is 5. The van der Waals surface area contributed by atoms with E-state index < -0.39 is 0 Å². The number of allylic oxidation sites excluding steroid dienone is 2. The maximum atomic E-state index is 5.41. The summed E-state index contributed by atoms with van der Waals surface area (Å²) in [6.07, 6.45) is 5.81. The highest BCUT2D eigenvalue weighted by Crippen LogP contribution is 2.18. The maximum Gasteiger partial charge on any atom is 0.158 e. The van der Waals surface area contributed by atoms with Crippen LogP contribution >= 0.6 is 0 Å². The predicted octanol–water partition coefficient (Wildman–Crippen LogP) is 3.13. The molecule has 1 aliphatic rings. The van der Waals surface area contributed by atoms with Gasteiger partial charge in [-0.25, -0.2) is 0 Å². The lowest BCUT2D eigenvalue weighted by atomic mass is 10.0. The van der Waals surface area contributed by atoms with Gasteiger partial charge in [0.25, 0.3) is 0 Å². The van der Waals surface area contributed by atoms with Crippen LogP contribution in [-0.4, -0.2) is 19.5 Å². The van der Waals surface area contributed by atoms with Crippen molar-refractivity contribution in [2.24, 2.45) is 5.92 Å². The minimum Gasteiger partial charge on any atom is -0.350 e. The molecule has 1 saturated heterocycles. The van der Waals surface area contributed by atoms with Crippen molar-refractivity contribution in [2.75, 3.05) is 13.2 Å². The Balaban J connectivity index is 2.09. The van der Waals surface area contributed by atoms with Crippen molar-refractivity contribution < 1.29 is 9.47 Å². The van der Waals surface area contributed by atoms with Gasteiger partial charge >= 0.3 is 0 Å². The molecule has 0 spiro atoms. The molecule has 0 aromatic carbocycles. The largest absolute Gasteiger partial charge is 0.350 e. The fraction of sp³-hybridized carbons (Fsp3) is 0.833. The summed E-state index contributed by atoms with van der Waals surface area (Å²) in [5.41, 5.74) is 1.41. The third kappa shape index (κ3) is 4.77. The summed E-state index contributed by atoms with van der Waals surface area (Å²) in [5.74, 6) is 0.689. The lowest BCUT2D eigenvalue weighted by Gasteiger charge is -2.14. The minimum atomic E-state index is 0.0664. The van der Waals surface area contributed by atoms with E-state index in [-0.39, 0.29) is 6.29 Å². The van der Waals surface area contributed by atoms with Gasteiger partial charge in [-0.15, -0.1) is 0 Å². The molecule has 2 nitrogen and oxygen atoms in total. The summed E-state index contributed by atoms with van der Waals surface area (Å²) < 4.78 is 10.8. The van der Waals surface area contributed by atoms with E-state index >= 15 is 0 Å². The Morgan fingerprint density at radius 1 is 1.36 bits per heavy atom. The highest BCUT2D eigenvalue weighted by Gasteiger charge is 2.18. The first kappa shape index (κ1) is 11.7. The predicted molar refractivity (Wildman–Crippen MR) is 58.1 cm³/mol. The van der Waals surface area contributed by atoms with E-state index in [4.69, 9.17) is 9.47 Å². The normalized spacial score (nSPS) is 19.6. The van der Waals surface area contributed by atoms with Crippen molar-refractivity contribution in [3.8, 4) is 0 Å². The summed E-state index contributed by atoms with van der Waals surface area (Å²) in [6.45, 7) is 8.10. The first-order valence-corrected chi connectivity index (χ1v) is 5.55. The van der Waals surface area contributed by atoms with Crippen LogP contribution in [0.1, 0.15) is 40.0 Å². The topological polar surface area (TPSA) is 18.5 Å². The van der Waals surface area contributed by atoms with Crippen molar-refractivity contribution >= 4 is 0 Å². The summed E-state index contributed by atoms with van der Waals surface area (Å²) in [5, 5.41) is 0. The van der Waals surface area contributed by atoms with Gasteiger partial charge in [-0.2, -0.15) is 0 Å². The van der Waals surface area contributed by atoms with Crippen LogP contribution in [-0.2, 0) is 9.47 Å². The van der Waals surface area contributed by atoms with Gasteiger partial charge in [0.1, 0.15) is 0 Å². The van der Waals surface area contributed by atoms with Crippen LogP contribution < -0.4 is 0 Å². The molecule has 1 atom stereocenters. The van der Waals surface area contributed by atoms with Crippen molar-refractivity contribution in [1.29, 1.82) is 0 Å². The Bertz CT molecular complexity index is 177. The first-order chi connectivity index (χ1) is 6.68. The minimum absolute atomic E-state index is 0.0664. The van der Waals surface area contributed by atoms with E-state index in [2.05, 4.69) is 26.8 Å². The van der Waals surface area contributed by atoms with E-state index in [9.17, 15) is 0 Å². The highest BCUT2D eigenvalue weighted by molar-refractivity contribution is 4.92. The van der Waals surface area contributed by atoms with Gasteiger partial charge < -0.3 is 9.47 Å². The molecule has 0 aromatic heterocycles.